The Balaban J connectivity index is 1.65. The Morgan fingerprint density at radius 2 is 1.21 bits per heavy atom. The molecule has 0 aliphatic heterocycles. The van der Waals surface area contributed by atoms with Crippen molar-refractivity contribution in [3.05, 3.63) is 96.6 Å². The van der Waals surface area contributed by atoms with Crippen molar-refractivity contribution in [3.8, 4) is 0 Å². The first-order valence-electron chi connectivity index (χ1n) is 10.4. The molecular formula is C24H24O8S2. The van der Waals surface area contributed by atoms with E-state index in [1.807, 2.05) is 6.07 Å². The van der Waals surface area contributed by atoms with Gasteiger partial charge in [0.15, 0.2) is 6.10 Å². The van der Waals surface area contributed by atoms with Gasteiger partial charge in [-0.25, -0.2) is 4.79 Å². The zero-order valence-corrected chi connectivity index (χ0v) is 19.8. The van der Waals surface area contributed by atoms with Crippen molar-refractivity contribution in [2.75, 3.05) is 6.61 Å². The van der Waals surface area contributed by atoms with Crippen molar-refractivity contribution in [2.45, 2.75) is 35.3 Å². The SMILES string of the molecule is O=C(OCc1ccccc1)C(CCCOS(=O)(=O)c1ccccc1)OS(=O)(=O)c1ccccc1. The van der Waals surface area contributed by atoms with E-state index in [1.54, 1.807) is 48.5 Å². The summed E-state index contributed by atoms with van der Waals surface area (Å²) in [5, 5.41) is 0. The number of ether oxygens (including phenoxy) is 1. The van der Waals surface area contributed by atoms with Crippen LogP contribution in [0.5, 0.6) is 0 Å². The summed E-state index contributed by atoms with van der Waals surface area (Å²) in [5.41, 5.74) is 0.720. The Bertz CT molecular complexity index is 1260. The molecule has 0 radical (unpaired) electrons. The molecule has 10 heteroatoms. The summed E-state index contributed by atoms with van der Waals surface area (Å²) in [7, 11) is -8.23. The zero-order valence-electron chi connectivity index (χ0n) is 18.1. The highest BCUT2D eigenvalue weighted by Crippen LogP contribution is 2.19. The van der Waals surface area contributed by atoms with E-state index >= 15 is 0 Å². The third-order valence-electron chi connectivity index (χ3n) is 4.64. The lowest BCUT2D eigenvalue weighted by Crippen LogP contribution is -2.30. The highest BCUT2D eigenvalue weighted by molar-refractivity contribution is 7.87. The van der Waals surface area contributed by atoms with Crippen LogP contribution in [0.4, 0.5) is 0 Å². The van der Waals surface area contributed by atoms with Gasteiger partial charge in [0.25, 0.3) is 20.2 Å². The lowest BCUT2D eigenvalue weighted by atomic mass is 10.2. The molecule has 0 aromatic heterocycles. The lowest BCUT2D eigenvalue weighted by Gasteiger charge is -2.17. The molecule has 1 unspecified atom stereocenters. The molecule has 0 aliphatic rings. The van der Waals surface area contributed by atoms with Crippen LogP contribution >= 0.6 is 0 Å². The third-order valence-corrected chi connectivity index (χ3v) is 7.30. The quantitative estimate of drug-likeness (QED) is 0.208. The lowest BCUT2D eigenvalue weighted by molar-refractivity contribution is -0.153. The number of hydrogen-bond donors (Lipinski definition) is 0. The molecule has 0 saturated heterocycles. The van der Waals surface area contributed by atoms with Gasteiger partial charge in [-0.15, -0.1) is 0 Å². The normalized spacial score (nSPS) is 12.7. The summed E-state index contributed by atoms with van der Waals surface area (Å²) in [4.78, 5) is 12.6. The van der Waals surface area contributed by atoms with Crippen molar-refractivity contribution in [3.63, 3.8) is 0 Å². The molecule has 0 bridgehead atoms. The second-order valence-corrected chi connectivity index (χ2v) is 10.4. The smallest absolute Gasteiger partial charge is 0.337 e. The Morgan fingerprint density at radius 3 is 1.76 bits per heavy atom. The molecule has 34 heavy (non-hydrogen) atoms. The van der Waals surface area contributed by atoms with E-state index < -0.39 is 32.3 Å². The van der Waals surface area contributed by atoms with Crippen molar-refractivity contribution < 1.29 is 34.7 Å². The van der Waals surface area contributed by atoms with Gasteiger partial charge in [0, 0.05) is 0 Å². The van der Waals surface area contributed by atoms with Gasteiger partial charge in [-0.1, -0.05) is 66.7 Å². The minimum atomic E-state index is -4.26. The summed E-state index contributed by atoms with van der Waals surface area (Å²) in [6, 6.07) is 23.9. The van der Waals surface area contributed by atoms with E-state index in [2.05, 4.69) is 0 Å². The van der Waals surface area contributed by atoms with Gasteiger partial charge in [-0.3, -0.25) is 8.37 Å². The maximum Gasteiger partial charge on any atom is 0.337 e. The molecule has 0 saturated carbocycles. The summed E-state index contributed by atoms with van der Waals surface area (Å²) in [6.07, 6.45) is -1.58. The topological polar surface area (TPSA) is 113 Å². The molecular weight excluding hydrogens is 480 g/mol. The number of hydrogen-bond acceptors (Lipinski definition) is 8. The molecule has 3 aromatic rings. The molecule has 180 valence electrons. The van der Waals surface area contributed by atoms with E-state index in [4.69, 9.17) is 13.1 Å². The second-order valence-electron chi connectivity index (χ2n) is 7.18. The maximum atomic E-state index is 12.7. The van der Waals surface area contributed by atoms with Gasteiger partial charge >= 0.3 is 5.97 Å². The molecule has 1 atom stereocenters. The molecule has 3 rings (SSSR count). The van der Waals surface area contributed by atoms with E-state index in [1.165, 1.54) is 36.4 Å². The van der Waals surface area contributed by atoms with Crippen LogP contribution in [0.25, 0.3) is 0 Å². The van der Waals surface area contributed by atoms with Crippen LogP contribution in [-0.4, -0.2) is 35.5 Å². The Labute approximate surface area is 199 Å². The number of benzene rings is 3. The van der Waals surface area contributed by atoms with Gasteiger partial charge < -0.3 is 4.74 Å². The monoisotopic (exact) mass is 504 g/mol. The molecule has 0 aliphatic carbocycles. The number of carbonyl (C=O) groups is 1. The van der Waals surface area contributed by atoms with E-state index in [-0.39, 0.29) is 35.8 Å². The summed E-state index contributed by atoms with van der Waals surface area (Å²) in [5.74, 6) is -0.880. The first-order chi connectivity index (χ1) is 16.3. The van der Waals surface area contributed by atoms with Gasteiger partial charge in [0.1, 0.15) is 6.61 Å². The van der Waals surface area contributed by atoms with Crippen molar-refractivity contribution >= 4 is 26.2 Å². The van der Waals surface area contributed by atoms with Gasteiger partial charge in [-0.05, 0) is 42.7 Å². The predicted molar refractivity (Wildman–Crippen MR) is 124 cm³/mol. The Hall–Kier alpha value is -3.05. The molecule has 0 spiro atoms. The van der Waals surface area contributed by atoms with Crippen LogP contribution in [0.3, 0.4) is 0 Å². The average Bonchev–Trinajstić information content (AvgIpc) is 2.86. The fraction of sp³-hybridized carbons (Fsp3) is 0.208. The highest BCUT2D eigenvalue weighted by atomic mass is 32.2. The standard InChI is InChI=1S/C24H24O8S2/c25-24(30-19-20-11-4-1-5-12-20)23(32-34(28,29)22-15-8-3-9-16-22)17-10-18-31-33(26,27)21-13-6-2-7-14-21/h1-9,11-16,23H,10,17-19H2. The van der Waals surface area contributed by atoms with Crippen LogP contribution < -0.4 is 0 Å². The van der Waals surface area contributed by atoms with Crippen molar-refractivity contribution in [1.82, 2.24) is 0 Å². The van der Waals surface area contributed by atoms with Gasteiger partial charge in [0.2, 0.25) is 0 Å². The van der Waals surface area contributed by atoms with Crippen LogP contribution in [-0.2, 0) is 44.7 Å². The van der Waals surface area contributed by atoms with Crippen molar-refractivity contribution in [2.24, 2.45) is 0 Å². The molecule has 3 aromatic carbocycles. The molecule has 0 heterocycles. The minimum absolute atomic E-state index is 0.00303. The van der Waals surface area contributed by atoms with Crippen LogP contribution in [0.1, 0.15) is 18.4 Å². The van der Waals surface area contributed by atoms with Gasteiger partial charge in [0.05, 0.1) is 16.4 Å². The highest BCUT2D eigenvalue weighted by Gasteiger charge is 2.29. The molecule has 8 nitrogen and oxygen atoms in total. The van der Waals surface area contributed by atoms with E-state index in [0.29, 0.717) is 0 Å². The largest absolute Gasteiger partial charge is 0.459 e. The van der Waals surface area contributed by atoms with E-state index in [0.717, 1.165) is 5.56 Å². The summed E-state index contributed by atoms with van der Waals surface area (Å²) < 4.78 is 65.2. The number of carbonyl (C=O) groups excluding carboxylic acids is 1. The Morgan fingerprint density at radius 1 is 0.706 bits per heavy atom. The fourth-order valence-corrected chi connectivity index (χ4v) is 4.96. The summed E-state index contributed by atoms with van der Waals surface area (Å²) in [6.45, 7) is -0.335. The number of rotatable bonds is 12. The van der Waals surface area contributed by atoms with Crippen LogP contribution in [0.2, 0.25) is 0 Å². The Kier molecular flexibility index (Phi) is 8.94. The molecule has 0 amide bonds. The molecule has 0 fully saturated rings. The summed E-state index contributed by atoms with van der Waals surface area (Å²) >= 11 is 0. The fourth-order valence-electron chi connectivity index (χ4n) is 2.92. The first-order valence-corrected chi connectivity index (χ1v) is 13.2. The maximum absolute atomic E-state index is 12.7. The van der Waals surface area contributed by atoms with E-state index in [9.17, 15) is 21.6 Å². The predicted octanol–water partition coefficient (Wildman–Crippen LogP) is 3.69. The average molecular weight is 505 g/mol. The first kappa shape index (κ1) is 25.6. The zero-order chi connectivity index (χ0) is 24.4. The molecule has 0 N–H and O–H groups in total. The van der Waals surface area contributed by atoms with Crippen LogP contribution in [0.15, 0.2) is 101 Å². The van der Waals surface area contributed by atoms with Crippen LogP contribution in [0, 0.1) is 0 Å². The second kappa shape index (κ2) is 11.9. The number of esters is 1. The van der Waals surface area contributed by atoms with Crippen molar-refractivity contribution in [1.29, 1.82) is 0 Å². The third kappa shape index (κ3) is 7.49. The minimum Gasteiger partial charge on any atom is -0.459 e. The van der Waals surface area contributed by atoms with Gasteiger partial charge in [-0.2, -0.15) is 16.8 Å².